The van der Waals surface area contributed by atoms with Gasteiger partial charge < -0.3 is 9.47 Å². The molecule has 0 aliphatic heterocycles. The summed E-state index contributed by atoms with van der Waals surface area (Å²) in [6.07, 6.45) is 5.10. The van der Waals surface area contributed by atoms with Crippen LogP contribution in [0.2, 0.25) is 0 Å². The highest BCUT2D eigenvalue weighted by atomic mass is 16.5. The molecule has 0 aliphatic carbocycles. The molecule has 6 heteroatoms. The topological polar surface area (TPSA) is 70.4 Å². The molecule has 2 aromatic rings. The fourth-order valence-electron chi connectivity index (χ4n) is 2.01. The summed E-state index contributed by atoms with van der Waals surface area (Å²) in [6.45, 7) is 2.37. The molecule has 0 bridgehead atoms. The molecule has 0 fully saturated rings. The van der Waals surface area contributed by atoms with Crippen LogP contribution in [0.4, 0.5) is 0 Å². The number of aromatic nitrogens is 2. The summed E-state index contributed by atoms with van der Waals surface area (Å²) in [6, 6.07) is 8.61. The minimum absolute atomic E-state index is 0.103. The first-order valence-electron chi connectivity index (χ1n) is 7.69. The predicted molar refractivity (Wildman–Crippen MR) is 89.8 cm³/mol. The second-order valence-electron chi connectivity index (χ2n) is 5.01. The Hall–Kier alpha value is -2.89. The average molecular weight is 328 g/mol. The van der Waals surface area contributed by atoms with Crippen LogP contribution in [0.5, 0.6) is 5.75 Å². The Morgan fingerprint density at radius 3 is 2.58 bits per heavy atom. The minimum Gasteiger partial charge on any atom is -0.493 e. The molecule has 0 amide bonds. The summed E-state index contributed by atoms with van der Waals surface area (Å²) in [5, 5.41) is 4.04. The molecule has 6 nitrogen and oxygen atoms in total. The van der Waals surface area contributed by atoms with Crippen molar-refractivity contribution in [2.45, 2.75) is 13.3 Å². The Morgan fingerprint density at radius 2 is 1.96 bits per heavy atom. The first kappa shape index (κ1) is 17.5. The molecule has 0 N–H and O–H groups in total. The van der Waals surface area contributed by atoms with Crippen LogP contribution in [-0.4, -0.2) is 34.7 Å². The maximum absolute atomic E-state index is 12.1. The molecule has 24 heavy (non-hydrogen) atoms. The van der Waals surface area contributed by atoms with Gasteiger partial charge in [0.25, 0.3) is 0 Å². The van der Waals surface area contributed by atoms with Gasteiger partial charge in [0, 0.05) is 18.8 Å². The van der Waals surface area contributed by atoms with Crippen LogP contribution in [0.3, 0.4) is 0 Å². The van der Waals surface area contributed by atoms with Gasteiger partial charge in [0.05, 0.1) is 25.3 Å². The first-order valence-corrected chi connectivity index (χ1v) is 7.69. The lowest BCUT2D eigenvalue weighted by Gasteiger charge is -2.06. The maximum atomic E-state index is 12.1. The second-order valence-corrected chi connectivity index (χ2v) is 5.01. The van der Waals surface area contributed by atoms with Crippen molar-refractivity contribution in [2.75, 3.05) is 13.2 Å². The van der Waals surface area contributed by atoms with Crippen LogP contribution in [0.25, 0.3) is 6.08 Å². The average Bonchev–Trinajstić information content (AvgIpc) is 2.98. The van der Waals surface area contributed by atoms with Crippen molar-refractivity contribution in [3.8, 4) is 5.75 Å². The van der Waals surface area contributed by atoms with Crippen molar-refractivity contribution in [1.82, 2.24) is 9.78 Å². The van der Waals surface area contributed by atoms with E-state index in [1.807, 2.05) is 13.1 Å². The van der Waals surface area contributed by atoms with Gasteiger partial charge in [-0.15, -0.1) is 0 Å². The van der Waals surface area contributed by atoms with Crippen LogP contribution in [0.15, 0.2) is 42.6 Å². The Kier molecular flexibility index (Phi) is 6.31. The molecule has 0 atom stereocenters. The van der Waals surface area contributed by atoms with Gasteiger partial charge in [-0.3, -0.25) is 14.3 Å². The van der Waals surface area contributed by atoms with Gasteiger partial charge in [0.1, 0.15) is 5.75 Å². The molecule has 0 spiro atoms. The van der Waals surface area contributed by atoms with E-state index in [2.05, 4.69) is 5.10 Å². The zero-order valence-corrected chi connectivity index (χ0v) is 13.8. The van der Waals surface area contributed by atoms with Crippen molar-refractivity contribution in [1.29, 1.82) is 0 Å². The number of carbonyl (C=O) groups excluding carboxylic acids is 2. The van der Waals surface area contributed by atoms with E-state index < -0.39 is 0 Å². The molecular formula is C18H20N2O4. The third-order valence-corrected chi connectivity index (χ3v) is 3.28. The van der Waals surface area contributed by atoms with Crippen molar-refractivity contribution < 1.29 is 19.1 Å². The van der Waals surface area contributed by atoms with Crippen LogP contribution in [0.1, 0.15) is 29.4 Å². The molecule has 0 aliphatic rings. The van der Waals surface area contributed by atoms with E-state index in [1.54, 1.807) is 48.1 Å². The van der Waals surface area contributed by atoms with E-state index in [-0.39, 0.29) is 24.8 Å². The van der Waals surface area contributed by atoms with Crippen LogP contribution in [0, 0.1) is 0 Å². The van der Waals surface area contributed by atoms with E-state index in [4.69, 9.17) is 9.47 Å². The molecule has 0 radical (unpaired) electrons. The van der Waals surface area contributed by atoms with E-state index in [9.17, 15) is 9.59 Å². The Morgan fingerprint density at radius 1 is 1.21 bits per heavy atom. The molecule has 0 saturated carbocycles. The van der Waals surface area contributed by atoms with E-state index >= 15 is 0 Å². The molecule has 1 aromatic heterocycles. The second kappa shape index (κ2) is 8.67. The highest BCUT2D eigenvalue weighted by Crippen LogP contribution is 2.14. The first-order chi connectivity index (χ1) is 11.6. The number of hydrogen-bond acceptors (Lipinski definition) is 5. The molecule has 126 valence electrons. The van der Waals surface area contributed by atoms with Crippen molar-refractivity contribution in [2.24, 2.45) is 7.05 Å². The van der Waals surface area contributed by atoms with Gasteiger partial charge in [0.2, 0.25) is 0 Å². The lowest BCUT2D eigenvalue weighted by molar-refractivity contribution is -0.143. The Bertz CT molecular complexity index is 717. The van der Waals surface area contributed by atoms with E-state index in [0.29, 0.717) is 17.9 Å². The van der Waals surface area contributed by atoms with Gasteiger partial charge >= 0.3 is 5.97 Å². The van der Waals surface area contributed by atoms with Crippen LogP contribution in [-0.2, 0) is 16.6 Å². The fourth-order valence-corrected chi connectivity index (χ4v) is 2.01. The number of ketones is 1. The third-order valence-electron chi connectivity index (χ3n) is 3.28. The van der Waals surface area contributed by atoms with Gasteiger partial charge in [-0.05, 0) is 49.4 Å². The van der Waals surface area contributed by atoms with Gasteiger partial charge in [-0.1, -0.05) is 0 Å². The summed E-state index contributed by atoms with van der Waals surface area (Å²) in [7, 11) is 1.81. The number of hydrogen-bond donors (Lipinski definition) is 0. The third kappa shape index (κ3) is 5.08. The summed E-state index contributed by atoms with van der Waals surface area (Å²) >= 11 is 0. The number of ether oxygens (including phenoxy) is 2. The van der Waals surface area contributed by atoms with Gasteiger partial charge in [-0.25, -0.2) is 0 Å². The SMILES string of the molecule is CCOC(=O)CCOc1ccc(C(=O)/C=C\c2ccnn2C)cc1. The standard InChI is InChI=1S/C18H20N2O4/c1-3-23-18(22)11-13-24-16-7-4-14(5-8-16)17(21)9-6-15-10-12-19-20(15)2/h4-10,12H,3,11,13H2,1-2H3/b9-6-. The van der Waals surface area contributed by atoms with Crippen molar-refractivity contribution in [3.63, 3.8) is 0 Å². The fraction of sp³-hybridized carbons (Fsp3) is 0.278. The molecule has 1 heterocycles. The zero-order valence-electron chi connectivity index (χ0n) is 13.8. The van der Waals surface area contributed by atoms with E-state index in [1.165, 1.54) is 6.08 Å². The number of esters is 1. The number of aryl methyl sites for hydroxylation is 1. The van der Waals surface area contributed by atoms with Crippen LogP contribution < -0.4 is 4.74 Å². The molecular weight excluding hydrogens is 308 g/mol. The number of allylic oxidation sites excluding steroid dienone is 1. The quantitative estimate of drug-likeness (QED) is 0.423. The lowest BCUT2D eigenvalue weighted by atomic mass is 10.1. The smallest absolute Gasteiger partial charge is 0.309 e. The highest BCUT2D eigenvalue weighted by molar-refractivity contribution is 6.06. The number of benzene rings is 1. The normalized spacial score (nSPS) is 10.8. The van der Waals surface area contributed by atoms with Gasteiger partial charge in [0.15, 0.2) is 5.78 Å². The minimum atomic E-state index is -0.287. The summed E-state index contributed by atoms with van der Waals surface area (Å²) in [5.41, 5.74) is 1.41. The van der Waals surface area contributed by atoms with Crippen LogP contribution >= 0.6 is 0 Å². The number of carbonyl (C=O) groups is 2. The number of rotatable bonds is 8. The highest BCUT2D eigenvalue weighted by Gasteiger charge is 2.05. The molecule has 2 rings (SSSR count). The van der Waals surface area contributed by atoms with E-state index in [0.717, 1.165) is 5.69 Å². The molecule has 1 aromatic carbocycles. The zero-order chi connectivity index (χ0) is 17.4. The predicted octanol–water partition coefficient (Wildman–Crippen LogP) is 2.65. The molecule has 0 saturated heterocycles. The maximum Gasteiger partial charge on any atom is 0.309 e. The van der Waals surface area contributed by atoms with Gasteiger partial charge in [-0.2, -0.15) is 5.10 Å². The number of nitrogens with zero attached hydrogens (tertiary/aromatic N) is 2. The summed E-state index contributed by atoms with van der Waals surface area (Å²) in [4.78, 5) is 23.3. The lowest BCUT2D eigenvalue weighted by Crippen LogP contribution is -2.09. The largest absolute Gasteiger partial charge is 0.493 e. The monoisotopic (exact) mass is 328 g/mol. The Labute approximate surface area is 140 Å². The van der Waals surface area contributed by atoms with Crippen molar-refractivity contribution in [3.05, 3.63) is 53.9 Å². The summed E-state index contributed by atoms with van der Waals surface area (Å²) < 4.78 is 12.0. The van der Waals surface area contributed by atoms with Crippen molar-refractivity contribution >= 4 is 17.8 Å². The molecule has 0 unspecified atom stereocenters. The summed E-state index contributed by atoms with van der Waals surface area (Å²) in [5.74, 6) is 0.213. The Balaban J connectivity index is 1.87.